The van der Waals surface area contributed by atoms with Crippen molar-refractivity contribution in [3.63, 3.8) is 0 Å². The normalized spacial score (nSPS) is 14.6. The number of carbonyl (C=O) groups is 2. The third-order valence-electron chi connectivity index (χ3n) is 4.01. The molecule has 0 aliphatic carbocycles. The van der Waals surface area contributed by atoms with E-state index in [0.717, 1.165) is 5.56 Å². The molecule has 0 bridgehead atoms. The highest BCUT2D eigenvalue weighted by Crippen LogP contribution is 2.18. The molecule has 2 amide bonds. The second-order valence-corrected chi connectivity index (χ2v) is 6.55. The molecule has 0 atom stereocenters. The highest BCUT2D eigenvalue weighted by molar-refractivity contribution is 9.10. The standard InChI is InChI=1S/C15H16BrFN6O2/c16-12-7-11(1-2-13(12)17)8-14(24)21-3-5-22(6-4-21)15(25)9-23-10-18-19-20-23/h1-2,7,10H,3-6,8-9H2. The average molecular weight is 411 g/mol. The van der Waals surface area contributed by atoms with Gasteiger partial charge in [0.2, 0.25) is 11.8 Å². The number of rotatable bonds is 4. The van der Waals surface area contributed by atoms with Gasteiger partial charge in [-0.3, -0.25) is 9.59 Å². The van der Waals surface area contributed by atoms with Crippen LogP contribution in [0.25, 0.3) is 0 Å². The van der Waals surface area contributed by atoms with Crippen molar-refractivity contribution >= 4 is 27.7 Å². The maximum absolute atomic E-state index is 13.3. The summed E-state index contributed by atoms with van der Waals surface area (Å²) in [5, 5.41) is 10.6. The SMILES string of the molecule is O=C(Cc1ccc(F)c(Br)c1)N1CCN(C(=O)Cn2cnnn2)CC1. The lowest BCUT2D eigenvalue weighted by atomic mass is 10.1. The molecule has 1 aliphatic rings. The minimum absolute atomic E-state index is 0.0360. The van der Waals surface area contributed by atoms with Crippen LogP contribution in [0.4, 0.5) is 4.39 Å². The lowest BCUT2D eigenvalue weighted by Crippen LogP contribution is -2.51. The second-order valence-electron chi connectivity index (χ2n) is 5.69. The molecule has 0 spiro atoms. The van der Waals surface area contributed by atoms with Crippen LogP contribution < -0.4 is 0 Å². The van der Waals surface area contributed by atoms with Gasteiger partial charge < -0.3 is 9.80 Å². The number of benzene rings is 1. The Morgan fingerprint density at radius 1 is 1.12 bits per heavy atom. The van der Waals surface area contributed by atoms with E-state index in [0.29, 0.717) is 30.7 Å². The van der Waals surface area contributed by atoms with Crippen LogP contribution in [0.2, 0.25) is 0 Å². The Labute approximate surface area is 151 Å². The topological polar surface area (TPSA) is 84.2 Å². The van der Waals surface area contributed by atoms with E-state index in [2.05, 4.69) is 31.5 Å². The molecule has 0 N–H and O–H groups in total. The molecule has 1 fully saturated rings. The average Bonchev–Trinajstić information content (AvgIpc) is 3.11. The number of carbonyl (C=O) groups excluding carboxylic acids is 2. The first-order valence-corrected chi connectivity index (χ1v) is 8.52. The number of piperazine rings is 1. The van der Waals surface area contributed by atoms with Crippen molar-refractivity contribution in [2.75, 3.05) is 26.2 Å². The summed E-state index contributed by atoms with van der Waals surface area (Å²) in [5.41, 5.74) is 0.746. The molecular formula is C15H16BrFN6O2. The fourth-order valence-electron chi connectivity index (χ4n) is 2.63. The fourth-order valence-corrected chi connectivity index (χ4v) is 3.06. The Hall–Kier alpha value is -2.36. The Bertz CT molecular complexity index is 761. The van der Waals surface area contributed by atoms with Crippen molar-refractivity contribution in [2.45, 2.75) is 13.0 Å². The predicted molar refractivity (Wildman–Crippen MR) is 88.8 cm³/mol. The third-order valence-corrected chi connectivity index (χ3v) is 4.62. The van der Waals surface area contributed by atoms with E-state index in [4.69, 9.17) is 0 Å². The van der Waals surface area contributed by atoms with Gasteiger partial charge in [0.1, 0.15) is 18.7 Å². The molecule has 8 nitrogen and oxygen atoms in total. The van der Waals surface area contributed by atoms with Gasteiger partial charge >= 0.3 is 0 Å². The van der Waals surface area contributed by atoms with Crippen LogP contribution in [0, 0.1) is 5.82 Å². The smallest absolute Gasteiger partial charge is 0.244 e. The van der Waals surface area contributed by atoms with Crippen LogP contribution in [0.5, 0.6) is 0 Å². The fraction of sp³-hybridized carbons (Fsp3) is 0.400. The molecule has 0 unspecified atom stereocenters. The van der Waals surface area contributed by atoms with E-state index in [-0.39, 0.29) is 30.6 Å². The monoisotopic (exact) mass is 410 g/mol. The van der Waals surface area contributed by atoms with E-state index >= 15 is 0 Å². The predicted octanol–water partition coefficient (Wildman–Crippen LogP) is 0.488. The number of amides is 2. The number of halogens is 2. The van der Waals surface area contributed by atoms with E-state index in [9.17, 15) is 14.0 Å². The van der Waals surface area contributed by atoms with Gasteiger partial charge in [-0.25, -0.2) is 9.07 Å². The summed E-state index contributed by atoms with van der Waals surface area (Å²) in [6.45, 7) is 1.98. The Morgan fingerprint density at radius 2 is 1.80 bits per heavy atom. The largest absolute Gasteiger partial charge is 0.339 e. The molecule has 25 heavy (non-hydrogen) atoms. The van der Waals surface area contributed by atoms with Crippen LogP contribution in [0.3, 0.4) is 0 Å². The third kappa shape index (κ3) is 4.38. The van der Waals surface area contributed by atoms with Crippen molar-refractivity contribution < 1.29 is 14.0 Å². The number of hydrogen-bond donors (Lipinski definition) is 0. The summed E-state index contributed by atoms with van der Waals surface area (Å²) in [4.78, 5) is 28.0. The lowest BCUT2D eigenvalue weighted by molar-refractivity contribution is -0.139. The number of aromatic nitrogens is 4. The highest BCUT2D eigenvalue weighted by atomic mass is 79.9. The van der Waals surface area contributed by atoms with Gasteiger partial charge in [-0.15, -0.1) is 5.10 Å². The molecule has 0 saturated carbocycles. The maximum atomic E-state index is 13.3. The summed E-state index contributed by atoms with van der Waals surface area (Å²) >= 11 is 3.12. The molecule has 1 aromatic carbocycles. The molecule has 3 rings (SSSR count). The van der Waals surface area contributed by atoms with Crippen molar-refractivity contribution in [2.24, 2.45) is 0 Å². The number of tetrazole rings is 1. The first kappa shape index (κ1) is 17.5. The molecule has 2 heterocycles. The van der Waals surface area contributed by atoms with Crippen molar-refractivity contribution in [1.29, 1.82) is 0 Å². The molecule has 1 saturated heterocycles. The van der Waals surface area contributed by atoms with E-state index in [1.54, 1.807) is 21.9 Å². The first-order chi connectivity index (χ1) is 12.0. The van der Waals surface area contributed by atoms with Crippen molar-refractivity contribution in [3.05, 3.63) is 40.4 Å². The molecule has 2 aromatic rings. The zero-order chi connectivity index (χ0) is 17.8. The van der Waals surface area contributed by atoms with Crippen molar-refractivity contribution in [3.8, 4) is 0 Å². The van der Waals surface area contributed by atoms with Gasteiger partial charge in [0, 0.05) is 26.2 Å². The number of nitrogens with zero attached hydrogens (tertiary/aromatic N) is 6. The Balaban J connectivity index is 1.50. The number of hydrogen-bond acceptors (Lipinski definition) is 5. The van der Waals surface area contributed by atoms with Crippen LogP contribution in [-0.4, -0.2) is 68.0 Å². The van der Waals surface area contributed by atoms with Gasteiger partial charge in [-0.2, -0.15) is 0 Å². The Morgan fingerprint density at radius 3 is 2.40 bits per heavy atom. The minimum atomic E-state index is -0.356. The first-order valence-electron chi connectivity index (χ1n) is 7.73. The molecular weight excluding hydrogens is 395 g/mol. The van der Waals surface area contributed by atoms with Crippen molar-refractivity contribution in [1.82, 2.24) is 30.0 Å². The van der Waals surface area contributed by atoms with Gasteiger partial charge in [-0.05, 0) is 44.1 Å². The summed E-state index contributed by atoms with van der Waals surface area (Å²) in [5.74, 6) is -0.473. The second kappa shape index (κ2) is 7.68. The molecule has 1 aliphatic heterocycles. The van der Waals surface area contributed by atoms with Crippen LogP contribution in [-0.2, 0) is 22.6 Å². The van der Waals surface area contributed by atoms with Crippen LogP contribution in [0.1, 0.15) is 5.56 Å². The Kier molecular flexibility index (Phi) is 5.37. The van der Waals surface area contributed by atoms with Gasteiger partial charge in [0.25, 0.3) is 0 Å². The quantitative estimate of drug-likeness (QED) is 0.731. The summed E-state index contributed by atoms with van der Waals surface area (Å²) < 4.78 is 15.0. The zero-order valence-electron chi connectivity index (χ0n) is 13.3. The van der Waals surface area contributed by atoms with Crippen LogP contribution in [0.15, 0.2) is 29.0 Å². The lowest BCUT2D eigenvalue weighted by Gasteiger charge is -2.34. The van der Waals surface area contributed by atoms with E-state index in [1.165, 1.54) is 17.1 Å². The summed E-state index contributed by atoms with van der Waals surface area (Å²) in [6, 6.07) is 4.55. The molecule has 1 aromatic heterocycles. The molecule has 0 radical (unpaired) electrons. The van der Waals surface area contributed by atoms with Gasteiger partial charge in [0.05, 0.1) is 10.9 Å². The summed E-state index contributed by atoms with van der Waals surface area (Å²) in [7, 11) is 0. The van der Waals surface area contributed by atoms with E-state index in [1.807, 2.05) is 0 Å². The van der Waals surface area contributed by atoms with Gasteiger partial charge in [0.15, 0.2) is 0 Å². The maximum Gasteiger partial charge on any atom is 0.244 e. The molecule has 132 valence electrons. The van der Waals surface area contributed by atoms with Gasteiger partial charge in [-0.1, -0.05) is 6.07 Å². The minimum Gasteiger partial charge on any atom is -0.339 e. The van der Waals surface area contributed by atoms with Crippen LogP contribution >= 0.6 is 15.9 Å². The molecule has 10 heteroatoms. The highest BCUT2D eigenvalue weighted by Gasteiger charge is 2.24. The zero-order valence-corrected chi connectivity index (χ0v) is 14.9. The van der Waals surface area contributed by atoms with E-state index < -0.39 is 0 Å². The summed E-state index contributed by atoms with van der Waals surface area (Å²) in [6.07, 6.45) is 1.59.